The van der Waals surface area contributed by atoms with Crippen LogP contribution in [0.15, 0.2) is 36.7 Å². The van der Waals surface area contributed by atoms with Crippen LogP contribution in [0.2, 0.25) is 0 Å². The number of carboxylic acid groups (broad SMARTS) is 1. The van der Waals surface area contributed by atoms with E-state index in [0.717, 1.165) is 25.2 Å². The Kier molecular flexibility index (Phi) is 3.30. The Balaban J connectivity index is 1.72. The van der Waals surface area contributed by atoms with Gasteiger partial charge in [0.25, 0.3) is 0 Å². The number of pyridine rings is 2. The fraction of sp³-hybridized carbons (Fsp3) is 0.250. The fourth-order valence-corrected chi connectivity index (χ4v) is 3.21. The van der Waals surface area contributed by atoms with Gasteiger partial charge in [0.2, 0.25) is 0 Å². The van der Waals surface area contributed by atoms with Gasteiger partial charge in [0.15, 0.2) is 11.5 Å². The molecule has 0 saturated carbocycles. The first-order valence-electron chi connectivity index (χ1n) is 7.63. The number of aromatic nitrogens is 2. The first-order valence-corrected chi connectivity index (χ1v) is 7.63. The minimum atomic E-state index is -1.11. The van der Waals surface area contributed by atoms with Crippen molar-refractivity contribution < 1.29 is 14.7 Å². The summed E-state index contributed by atoms with van der Waals surface area (Å²) in [4.78, 5) is 35.9. The summed E-state index contributed by atoms with van der Waals surface area (Å²) in [5.74, 6) is -0.719. The quantitative estimate of drug-likeness (QED) is 0.873. The molecule has 8 heteroatoms. The lowest BCUT2D eigenvalue weighted by molar-refractivity contribution is 0.0690. The zero-order chi connectivity index (χ0) is 16.7. The molecule has 2 aliphatic rings. The first kappa shape index (κ1) is 14.4. The maximum absolute atomic E-state index is 12.8. The number of rotatable bonds is 2. The molecule has 0 aliphatic carbocycles. The van der Waals surface area contributed by atoms with Crippen LogP contribution in [0.25, 0.3) is 0 Å². The molecule has 2 aromatic rings. The summed E-state index contributed by atoms with van der Waals surface area (Å²) in [6.07, 6.45) is 4.01. The zero-order valence-electron chi connectivity index (χ0n) is 12.7. The van der Waals surface area contributed by atoms with Crippen molar-refractivity contribution in [1.29, 1.82) is 0 Å². The summed E-state index contributed by atoms with van der Waals surface area (Å²) in [5, 5.41) is 12.0. The van der Waals surface area contributed by atoms with Gasteiger partial charge in [-0.25, -0.2) is 14.6 Å². The summed E-state index contributed by atoms with van der Waals surface area (Å²) >= 11 is 0. The number of anilines is 3. The van der Waals surface area contributed by atoms with Gasteiger partial charge < -0.3 is 15.3 Å². The van der Waals surface area contributed by atoms with Crippen molar-refractivity contribution in [2.45, 2.75) is 12.5 Å². The van der Waals surface area contributed by atoms with Crippen molar-refractivity contribution in [3.63, 3.8) is 0 Å². The molecule has 2 bridgehead atoms. The number of urea groups is 1. The van der Waals surface area contributed by atoms with Crippen LogP contribution in [0.4, 0.5) is 22.0 Å². The smallest absolute Gasteiger partial charge is 0.354 e. The van der Waals surface area contributed by atoms with Crippen molar-refractivity contribution in [3.05, 3.63) is 42.4 Å². The Morgan fingerprint density at radius 3 is 2.92 bits per heavy atom. The van der Waals surface area contributed by atoms with E-state index in [4.69, 9.17) is 0 Å². The summed E-state index contributed by atoms with van der Waals surface area (Å²) in [6.45, 7) is 1.55. The van der Waals surface area contributed by atoms with Crippen molar-refractivity contribution >= 4 is 29.2 Å². The van der Waals surface area contributed by atoms with E-state index in [9.17, 15) is 14.7 Å². The van der Waals surface area contributed by atoms with Crippen LogP contribution in [0, 0.1) is 0 Å². The van der Waals surface area contributed by atoms with E-state index < -0.39 is 5.97 Å². The average Bonchev–Trinajstić information content (AvgIpc) is 3.00. The third-order valence-corrected chi connectivity index (χ3v) is 4.30. The number of carbonyl (C=O) groups excluding carboxylic acids is 1. The van der Waals surface area contributed by atoms with Gasteiger partial charge in [-0.05, 0) is 30.7 Å². The molecule has 1 saturated heterocycles. The molecule has 1 fully saturated rings. The number of hydrogen-bond acceptors (Lipinski definition) is 5. The van der Waals surface area contributed by atoms with Crippen molar-refractivity contribution in [1.82, 2.24) is 9.97 Å². The van der Waals surface area contributed by atoms with Gasteiger partial charge in [0.05, 0.1) is 23.6 Å². The molecule has 4 rings (SSSR count). The largest absolute Gasteiger partial charge is 0.477 e. The van der Waals surface area contributed by atoms with Gasteiger partial charge in [0.1, 0.15) is 0 Å². The summed E-state index contributed by atoms with van der Waals surface area (Å²) in [7, 11) is 0. The van der Waals surface area contributed by atoms with Crippen molar-refractivity contribution in [2.75, 3.05) is 28.2 Å². The molecule has 2 aliphatic heterocycles. The maximum Gasteiger partial charge on any atom is 0.354 e. The molecule has 122 valence electrons. The molecular formula is C16H15N5O3. The fourth-order valence-electron chi connectivity index (χ4n) is 3.21. The second kappa shape index (κ2) is 5.48. The van der Waals surface area contributed by atoms with Crippen LogP contribution in [0.5, 0.6) is 0 Å². The molecule has 0 aromatic carbocycles. The second-order valence-corrected chi connectivity index (χ2v) is 5.77. The zero-order valence-corrected chi connectivity index (χ0v) is 12.7. The van der Waals surface area contributed by atoms with Crippen LogP contribution >= 0.6 is 0 Å². The number of nitrogens with zero attached hydrogens (tertiary/aromatic N) is 4. The summed E-state index contributed by atoms with van der Waals surface area (Å²) in [6, 6.07) is 6.32. The standard InChI is InChI=1S/C16H15N5O3/c22-15(23)12-3-4-13-14(19-12)21(11-5-7-20(13)9-11)16(24)18-10-2-1-6-17-8-10/h1-4,6,8,11H,5,7,9H2,(H,18,24)(H,22,23)/t11-/m0/s1. The van der Waals surface area contributed by atoms with E-state index in [2.05, 4.69) is 20.2 Å². The number of carbonyl (C=O) groups is 2. The number of fused-ring (bicyclic) bond motifs is 4. The van der Waals surface area contributed by atoms with Gasteiger partial charge in [-0.2, -0.15) is 0 Å². The van der Waals surface area contributed by atoms with Crippen LogP contribution in [0.3, 0.4) is 0 Å². The van der Waals surface area contributed by atoms with E-state index in [1.54, 1.807) is 35.5 Å². The highest BCUT2D eigenvalue weighted by Crippen LogP contribution is 2.39. The third kappa shape index (κ3) is 2.32. The Labute approximate surface area is 137 Å². The highest BCUT2D eigenvalue weighted by atomic mass is 16.4. The average molecular weight is 325 g/mol. The van der Waals surface area contributed by atoms with Gasteiger partial charge in [-0.1, -0.05) is 0 Å². The predicted octanol–water partition coefficient (Wildman–Crippen LogP) is 1.81. The molecular weight excluding hydrogens is 310 g/mol. The minimum absolute atomic E-state index is 0.0225. The number of carboxylic acids is 1. The van der Waals surface area contributed by atoms with Gasteiger partial charge in [-0.3, -0.25) is 9.88 Å². The maximum atomic E-state index is 12.8. The van der Waals surface area contributed by atoms with Crippen molar-refractivity contribution in [2.24, 2.45) is 0 Å². The lowest BCUT2D eigenvalue weighted by Gasteiger charge is -2.35. The third-order valence-electron chi connectivity index (χ3n) is 4.30. The molecule has 2 aromatic heterocycles. The molecule has 8 nitrogen and oxygen atoms in total. The predicted molar refractivity (Wildman–Crippen MR) is 87.5 cm³/mol. The van der Waals surface area contributed by atoms with Crippen molar-refractivity contribution in [3.8, 4) is 0 Å². The topological polar surface area (TPSA) is 98.7 Å². The first-order chi connectivity index (χ1) is 11.6. The van der Waals surface area contributed by atoms with E-state index in [1.807, 2.05) is 0 Å². The molecule has 0 radical (unpaired) electrons. The molecule has 1 atom stereocenters. The molecule has 24 heavy (non-hydrogen) atoms. The number of nitrogens with one attached hydrogen (secondary N) is 1. The highest BCUT2D eigenvalue weighted by molar-refractivity contribution is 6.05. The Morgan fingerprint density at radius 1 is 1.29 bits per heavy atom. The van der Waals surface area contributed by atoms with Gasteiger partial charge >= 0.3 is 12.0 Å². The molecule has 0 unspecified atom stereocenters. The van der Waals surface area contributed by atoms with E-state index in [1.165, 1.54) is 6.07 Å². The van der Waals surface area contributed by atoms with Crippen LogP contribution in [0.1, 0.15) is 16.9 Å². The second-order valence-electron chi connectivity index (χ2n) is 5.77. The molecule has 2 amide bonds. The lowest BCUT2D eigenvalue weighted by Crippen LogP contribution is -2.48. The minimum Gasteiger partial charge on any atom is -0.477 e. The Morgan fingerprint density at radius 2 is 2.17 bits per heavy atom. The van der Waals surface area contributed by atoms with Gasteiger partial charge in [0, 0.05) is 19.3 Å². The van der Waals surface area contributed by atoms with E-state index in [-0.39, 0.29) is 17.8 Å². The molecule has 2 N–H and O–H groups in total. The highest BCUT2D eigenvalue weighted by Gasteiger charge is 2.40. The molecule has 4 heterocycles. The van der Waals surface area contributed by atoms with Gasteiger partial charge in [-0.15, -0.1) is 0 Å². The normalized spacial score (nSPS) is 18.2. The summed E-state index contributed by atoms with van der Waals surface area (Å²) < 4.78 is 0. The number of hydrogen-bond donors (Lipinski definition) is 2. The van der Waals surface area contributed by atoms with Crippen LogP contribution in [-0.4, -0.2) is 46.2 Å². The SMILES string of the molecule is O=C(O)c1ccc2c(n1)N(C(=O)Nc1cccnc1)[C@H]1CCN2C1. The number of aromatic carboxylic acids is 1. The molecule has 0 spiro atoms. The lowest BCUT2D eigenvalue weighted by atomic mass is 10.2. The van der Waals surface area contributed by atoms with Crippen LogP contribution in [-0.2, 0) is 0 Å². The van der Waals surface area contributed by atoms with E-state index >= 15 is 0 Å². The monoisotopic (exact) mass is 325 g/mol. The van der Waals surface area contributed by atoms with Crippen LogP contribution < -0.4 is 15.1 Å². The summed E-state index contributed by atoms with van der Waals surface area (Å²) in [5.41, 5.74) is 1.30. The number of amides is 2. The van der Waals surface area contributed by atoms with E-state index in [0.29, 0.717) is 11.5 Å². The Bertz CT molecular complexity index is 811. The Hall–Kier alpha value is -3.16.